The van der Waals surface area contributed by atoms with E-state index >= 15 is 0 Å². The second-order valence-corrected chi connectivity index (χ2v) is 8.79. The molecule has 0 amide bonds. The molecule has 2 aliphatic rings. The van der Waals surface area contributed by atoms with Crippen molar-refractivity contribution in [3.63, 3.8) is 0 Å². The Hall–Kier alpha value is -1.80. The van der Waals surface area contributed by atoms with Gasteiger partial charge in [0.05, 0.1) is 0 Å². The molecule has 1 aromatic carbocycles. The van der Waals surface area contributed by atoms with Crippen LogP contribution in [0.15, 0.2) is 47.2 Å². The molecule has 0 N–H and O–H groups in total. The molecule has 5 rings (SSSR count). The molecule has 0 unspecified atom stereocenters. The number of benzene rings is 1. The zero-order valence-corrected chi connectivity index (χ0v) is 16.0. The number of nitrogens with zero attached hydrogens (tertiary/aromatic N) is 6. The third kappa shape index (κ3) is 3.66. The van der Waals surface area contributed by atoms with Gasteiger partial charge in [0.15, 0.2) is 10.3 Å². The van der Waals surface area contributed by atoms with Gasteiger partial charge in [0.25, 0.3) is 0 Å². The van der Waals surface area contributed by atoms with Gasteiger partial charge in [-0.15, -0.1) is 20.4 Å². The van der Waals surface area contributed by atoms with Crippen molar-refractivity contribution >= 4 is 23.5 Å². The first-order chi connectivity index (χ1) is 12.9. The zero-order chi connectivity index (χ0) is 17.3. The molecular weight excluding hydrogens is 364 g/mol. The maximum Gasteiger partial charge on any atom is 0.191 e. The summed E-state index contributed by atoms with van der Waals surface area (Å²) in [7, 11) is 0. The molecule has 0 saturated heterocycles. The molecule has 0 radical (unpaired) electrons. The second kappa shape index (κ2) is 7.08. The Balaban J connectivity index is 1.21. The predicted octanol–water partition coefficient (Wildman–Crippen LogP) is 4.12. The first-order valence-corrected chi connectivity index (χ1v) is 11.0. The van der Waals surface area contributed by atoms with Gasteiger partial charge in [-0.2, -0.15) is 0 Å². The minimum atomic E-state index is 0.624. The average Bonchev–Trinajstić information content (AvgIpc) is 3.60. The molecule has 2 aromatic heterocycles. The lowest BCUT2D eigenvalue weighted by Crippen LogP contribution is -1.96. The Bertz CT molecular complexity index is 827. The van der Waals surface area contributed by atoms with E-state index in [1.807, 2.05) is 12.7 Å². The third-order valence-electron chi connectivity index (χ3n) is 4.69. The number of thioether (sulfide) groups is 2. The lowest BCUT2D eigenvalue weighted by Gasteiger charge is -2.07. The predicted molar refractivity (Wildman–Crippen MR) is 102 cm³/mol. The maximum absolute atomic E-state index is 4.27. The smallest absolute Gasteiger partial charge is 0.191 e. The molecule has 0 atom stereocenters. The van der Waals surface area contributed by atoms with Crippen LogP contribution in [-0.4, -0.2) is 29.5 Å². The molecule has 2 fully saturated rings. The van der Waals surface area contributed by atoms with Crippen LogP contribution in [-0.2, 0) is 11.5 Å². The summed E-state index contributed by atoms with van der Waals surface area (Å²) < 4.78 is 4.43. The Kier molecular flexibility index (Phi) is 4.46. The van der Waals surface area contributed by atoms with Crippen molar-refractivity contribution in [2.24, 2.45) is 0 Å². The van der Waals surface area contributed by atoms with Crippen LogP contribution in [0, 0.1) is 0 Å². The highest BCUT2D eigenvalue weighted by molar-refractivity contribution is 7.98. The molecule has 0 spiro atoms. The Morgan fingerprint density at radius 2 is 1.31 bits per heavy atom. The van der Waals surface area contributed by atoms with Crippen LogP contribution in [0.2, 0.25) is 0 Å². The van der Waals surface area contributed by atoms with E-state index in [-0.39, 0.29) is 0 Å². The van der Waals surface area contributed by atoms with E-state index in [1.165, 1.54) is 36.8 Å². The number of hydrogen-bond acceptors (Lipinski definition) is 6. The largest absolute Gasteiger partial charge is 0.306 e. The van der Waals surface area contributed by atoms with Crippen LogP contribution in [0.25, 0.3) is 0 Å². The summed E-state index contributed by atoms with van der Waals surface area (Å²) in [6.07, 6.45) is 8.74. The number of aromatic nitrogens is 6. The normalized spacial score (nSPS) is 16.9. The van der Waals surface area contributed by atoms with Crippen molar-refractivity contribution in [3.05, 3.63) is 48.0 Å². The molecule has 2 saturated carbocycles. The summed E-state index contributed by atoms with van der Waals surface area (Å²) in [5.41, 5.74) is 2.64. The van der Waals surface area contributed by atoms with Crippen molar-refractivity contribution in [2.45, 2.75) is 59.6 Å². The quantitative estimate of drug-likeness (QED) is 0.544. The standard InChI is InChI=1S/C18H20N6S2/c1-2-13(9-25-17-21-19-11-23(17)15-4-5-15)8-14(3-1)10-26-18-22-20-12-24(18)16-6-7-16/h1-3,8,11-12,15-16H,4-7,9-10H2. The van der Waals surface area contributed by atoms with Crippen molar-refractivity contribution in [1.82, 2.24) is 29.5 Å². The van der Waals surface area contributed by atoms with Gasteiger partial charge in [0, 0.05) is 23.6 Å². The minimum absolute atomic E-state index is 0.624. The summed E-state index contributed by atoms with van der Waals surface area (Å²) in [4.78, 5) is 0. The molecule has 0 bridgehead atoms. The molecule has 26 heavy (non-hydrogen) atoms. The van der Waals surface area contributed by atoms with Crippen LogP contribution in [0.3, 0.4) is 0 Å². The van der Waals surface area contributed by atoms with E-state index in [2.05, 4.69) is 53.8 Å². The molecular formula is C18H20N6S2. The van der Waals surface area contributed by atoms with Crippen molar-refractivity contribution < 1.29 is 0 Å². The minimum Gasteiger partial charge on any atom is -0.306 e. The monoisotopic (exact) mass is 384 g/mol. The van der Waals surface area contributed by atoms with Crippen molar-refractivity contribution in [2.75, 3.05) is 0 Å². The van der Waals surface area contributed by atoms with Gasteiger partial charge in [-0.1, -0.05) is 47.8 Å². The average molecular weight is 385 g/mol. The van der Waals surface area contributed by atoms with E-state index in [9.17, 15) is 0 Å². The topological polar surface area (TPSA) is 61.4 Å². The highest BCUT2D eigenvalue weighted by Gasteiger charge is 2.27. The fraction of sp³-hybridized carbons (Fsp3) is 0.444. The molecule has 2 aliphatic carbocycles. The molecule has 6 nitrogen and oxygen atoms in total. The molecule has 3 aromatic rings. The summed E-state index contributed by atoms with van der Waals surface area (Å²) in [5, 5.41) is 18.8. The van der Waals surface area contributed by atoms with Crippen LogP contribution in [0.5, 0.6) is 0 Å². The van der Waals surface area contributed by atoms with Crippen LogP contribution >= 0.6 is 23.5 Å². The van der Waals surface area contributed by atoms with E-state index in [0.717, 1.165) is 21.8 Å². The van der Waals surface area contributed by atoms with Gasteiger partial charge in [0.2, 0.25) is 0 Å². The third-order valence-corrected chi connectivity index (χ3v) is 6.74. The lowest BCUT2D eigenvalue weighted by atomic mass is 10.2. The lowest BCUT2D eigenvalue weighted by molar-refractivity contribution is 0.663. The Morgan fingerprint density at radius 3 is 1.77 bits per heavy atom. The summed E-state index contributed by atoms with van der Waals surface area (Å²) in [5.74, 6) is 1.84. The molecule has 134 valence electrons. The van der Waals surface area contributed by atoms with Crippen LogP contribution < -0.4 is 0 Å². The van der Waals surface area contributed by atoms with Gasteiger partial charge < -0.3 is 9.13 Å². The Morgan fingerprint density at radius 1 is 0.808 bits per heavy atom. The zero-order valence-electron chi connectivity index (χ0n) is 14.4. The van der Waals surface area contributed by atoms with Gasteiger partial charge in [0.1, 0.15) is 12.7 Å². The highest BCUT2D eigenvalue weighted by Crippen LogP contribution is 2.38. The molecule has 2 heterocycles. The number of hydrogen-bond donors (Lipinski definition) is 0. The first kappa shape index (κ1) is 16.4. The summed E-state index contributed by atoms with van der Waals surface area (Å²) in [6, 6.07) is 10.0. The van der Waals surface area contributed by atoms with Gasteiger partial charge in [-0.3, -0.25) is 0 Å². The van der Waals surface area contributed by atoms with E-state index in [0.29, 0.717) is 12.1 Å². The highest BCUT2D eigenvalue weighted by atomic mass is 32.2. The van der Waals surface area contributed by atoms with Crippen LogP contribution in [0.1, 0.15) is 48.9 Å². The second-order valence-electron chi connectivity index (χ2n) is 6.90. The van der Waals surface area contributed by atoms with E-state index in [1.54, 1.807) is 23.5 Å². The fourth-order valence-corrected chi connectivity index (χ4v) is 4.83. The van der Waals surface area contributed by atoms with Crippen molar-refractivity contribution in [3.8, 4) is 0 Å². The summed E-state index contributed by atoms with van der Waals surface area (Å²) >= 11 is 3.54. The van der Waals surface area contributed by atoms with Crippen molar-refractivity contribution in [1.29, 1.82) is 0 Å². The fourth-order valence-electron chi connectivity index (χ4n) is 2.98. The SMILES string of the molecule is c1cc(CSc2nncn2C2CC2)cc(CSc2nncn2C2CC2)c1. The first-order valence-electron chi connectivity index (χ1n) is 8.99. The molecule has 0 aliphatic heterocycles. The van der Waals surface area contributed by atoms with Gasteiger partial charge in [-0.05, 0) is 36.8 Å². The van der Waals surface area contributed by atoms with Gasteiger partial charge >= 0.3 is 0 Å². The van der Waals surface area contributed by atoms with E-state index in [4.69, 9.17) is 0 Å². The Labute approximate surface area is 160 Å². The van der Waals surface area contributed by atoms with Crippen LogP contribution in [0.4, 0.5) is 0 Å². The van der Waals surface area contributed by atoms with Gasteiger partial charge in [-0.25, -0.2) is 0 Å². The molecule has 8 heteroatoms. The number of rotatable bonds is 8. The van der Waals surface area contributed by atoms with E-state index < -0.39 is 0 Å². The maximum atomic E-state index is 4.27. The summed E-state index contributed by atoms with van der Waals surface area (Å²) in [6.45, 7) is 0.